The molecule has 0 radical (unpaired) electrons. The van der Waals surface area contributed by atoms with Crippen molar-refractivity contribution in [1.82, 2.24) is 4.90 Å². The summed E-state index contributed by atoms with van der Waals surface area (Å²) in [5, 5.41) is 0.724. The van der Waals surface area contributed by atoms with E-state index in [0.717, 1.165) is 28.1 Å². The van der Waals surface area contributed by atoms with Gasteiger partial charge in [-0.1, -0.05) is 54.9 Å². The maximum Gasteiger partial charge on any atom is 0.0551 e. The Morgan fingerprint density at radius 3 is 2.48 bits per heavy atom. The van der Waals surface area contributed by atoms with Crippen LogP contribution in [0.4, 0.5) is 0 Å². The van der Waals surface area contributed by atoms with Crippen LogP contribution in [0.1, 0.15) is 24.1 Å². The zero-order chi connectivity index (χ0) is 15.2. The molecule has 2 aromatic rings. The average Bonchev–Trinajstić information content (AvgIpc) is 2.51. The molecule has 0 amide bonds. The molecule has 0 aliphatic carbocycles. The summed E-state index contributed by atoms with van der Waals surface area (Å²) >= 11 is 9.65. The molecule has 0 fully saturated rings. The maximum absolute atomic E-state index is 6.22. The Morgan fingerprint density at radius 2 is 1.90 bits per heavy atom. The third-order valence-corrected chi connectivity index (χ3v) is 4.86. The Bertz CT molecular complexity index is 574. The highest BCUT2D eigenvalue weighted by Crippen LogP contribution is 2.29. The molecule has 0 spiro atoms. The first-order valence-electron chi connectivity index (χ1n) is 7.08. The van der Waals surface area contributed by atoms with Crippen LogP contribution in [-0.4, -0.2) is 18.0 Å². The normalized spacial score (nSPS) is 12.6. The molecule has 0 saturated heterocycles. The molecule has 0 aliphatic rings. The van der Waals surface area contributed by atoms with E-state index in [1.54, 1.807) is 0 Å². The Morgan fingerprint density at radius 1 is 1.19 bits per heavy atom. The molecular weight excluding hydrogens is 348 g/mol. The smallest absolute Gasteiger partial charge is 0.0551 e. The average molecular weight is 368 g/mol. The highest BCUT2D eigenvalue weighted by atomic mass is 79.9. The predicted molar refractivity (Wildman–Crippen MR) is 93.5 cm³/mol. The minimum Gasteiger partial charge on any atom is -0.329 e. The summed E-state index contributed by atoms with van der Waals surface area (Å²) in [5.41, 5.74) is 8.48. The molecule has 0 saturated carbocycles. The van der Waals surface area contributed by atoms with Gasteiger partial charge in [-0.15, -0.1) is 0 Å². The van der Waals surface area contributed by atoms with Crippen LogP contribution in [0.15, 0.2) is 53.0 Å². The second-order valence-electron chi connectivity index (χ2n) is 4.97. The van der Waals surface area contributed by atoms with Crippen LogP contribution in [0, 0.1) is 0 Å². The van der Waals surface area contributed by atoms with Gasteiger partial charge in [-0.05, 0) is 45.7 Å². The van der Waals surface area contributed by atoms with Crippen molar-refractivity contribution in [1.29, 1.82) is 0 Å². The minimum absolute atomic E-state index is 0.167. The van der Waals surface area contributed by atoms with Crippen LogP contribution in [0.5, 0.6) is 0 Å². The number of halogens is 2. The first-order chi connectivity index (χ1) is 10.2. The fourth-order valence-electron chi connectivity index (χ4n) is 2.48. The van der Waals surface area contributed by atoms with Crippen molar-refractivity contribution in [2.24, 2.45) is 5.73 Å². The molecule has 0 aliphatic heterocycles. The van der Waals surface area contributed by atoms with Gasteiger partial charge in [0.15, 0.2) is 0 Å². The lowest BCUT2D eigenvalue weighted by atomic mass is 10.0. The number of benzene rings is 2. The molecule has 0 bridgehead atoms. The lowest BCUT2D eigenvalue weighted by Crippen LogP contribution is -2.33. The van der Waals surface area contributed by atoms with Gasteiger partial charge >= 0.3 is 0 Å². The van der Waals surface area contributed by atoms with E-state index in [2.05, 4.69) is 58.1 Å². The highest BCUT2D eigenvalue weighted by molar-refractivity contribution is 9.10. The van der Waals surface area contributed by atoms with Gasteiger partial charge in [-0.25, -0.2) is 0 Å². The lowest BCUT2D eigenvalue weighted by Gasteiger charge is -2.30. The first kappa shape index (κ1) is 16.5. The van der Waals surface area contributed by atoms with Crippen LogP contribution >= 0.6 is 27.5 Å². The van der Waals surface area contributed by atoms with Crippen molar-refractivity contribution in [3.05, 3.63) is 69.2 Å². The molecule has 112 valence electrons. The topological polar surface area (TPSA) is 29.3 Å². The summed E-state index contributed by atoms with van der Waals surface area (Å²) in [6, 6.07) is 16.7. The summed E-state index contributed by atoms with van der Waals surface area (Å²) in [7, 11) is 0. The van der Waals surface area contributed by atoms with E-state index in [4.69, 9.17) is 17.3 Å². The third kappa shape index (κ3) is 4.30. The van der Waals surface area contributed by atoms with E-state index in [-0.39, 0.29) is 6.04 Å². The van der Waals surface area contributed by atoms with Crippen molar-refractivity contribution >= 4 is 27.5 Å². The van der Waals surface area contributed by atoms with Gasteiger partial charge in [0, 0.05) is 23.6 Å². The quantitative estimate of drug-likeness (QED) is 0.807. The van der Waals surface area contributed by atoms with Gasteiger partial charge in [0.05, 0.1) is 5.02 Å². The molecular formula is C17H20BrClN2. The van der Waals surface area contributed by atoms with Crippen LogP contribution in [0.3, 0.4) is 0 Å². The molecule has 21 heavy (non-hydrogen) atoms. The lowest BCUT2D eigenvalue weighted by molar-refractivity contribution is 0.203. The fraction of sp³-hybridized carbons (Fsp3) is 0.294. The monoisotopic (exact) mass is 366 g/mol. The number of nitrogens with two attached hydrogens (primary N) is 1. The number of rotatable bonds is 6. The van der Waals surface area contributed by atoms with Crippen molar-refractivity contribution in [2.75, 3.05) is 13.1 Å². The number of nitrogens with zero attached hydrogens (tertiary/aromatic N) is 1. The van der Waals surface area contributed by atoms with Crippen molar-refractivity contribution in [3.8, 4) is 0 Å². The second kappa shape index (κ2) is 7.95. The summed E-state index contributed by atoms with van der Waals surface area (Å²) in [4.78, 5) is 2.37. The largest absolute Gasteiger partial charge is 0.329 e. The van der Waals surface area contributed by atoms with Crippen LogP contribution in [-0.2, 0) is 6.54 Å². The van der Waals surface area contributed by atoms with Crippen LogP contribution < -0.4 is 5.73 Å². The molecule has 4 heteroatoms. The molecule has 2 nitrogen and oxygen atoms in total. The van der Waals surface area contributed by atoms with Crippen LogP contribution in [0.25, 0.3) is 0 Å². The summed E-state index contributed by atoms with van der Waals surface area (Å²) in [6.45, 7) is 4.54. The van der Waals surface area contributed by atoms with E-state index in [0.29, 0.717) is 6.54 Å². The Labute approximate surface area is 140 Å². The van der Waals surface area contributed by atoms with Gasteiger partial charge < -0.3 is 5.73 Å². The first-order valence-corrected chi connectivity index (χ1v) is 8.25. The molecule has 1 atom stereocenters. The van der Waals surface area contributed by atoms with E-state index in [1.807, 2.05) is 18.2 Å². The van der Waals surface area contributed by atoms with E-state index in [1.165, 1.54) is 5.56 Å². The number of likely N-dealkylation sites (N-methyl/N-ethyl adjacent to an activating group) is 1. The summed E-state index contributed by atoms with van der Waals surface area (Å²) in [6.07, 6.45) is 0. The zero-order valence-corrected chi connectivity index (χ0v) is 14.4. The van der Waals surface area contributed by atoms with Gasteiger partial charge in [-0.2, -0.15) is 0 Å². The predicted octanol–water partition coefficient (Wildman–Crippen LogP) is 4.62. The SMILES string of the molecule is CCN(Cc1ccccc1)C(CN)c1ccc(Br)c(Cl)c1. The van der Waals surface area contributed by atoms with Crippen molar-refractivity contribution < 1.29 is 0 Å². The van der Waals surface area contributed by atoms with Gasteiger partial charge in [0.25, 0.3) is 0 Å². The third-order valence-electron chi connectivity index (χ3n) is 3.63. The molecule has 2 N–H and O–H groups in total. The molecule has 2 aromatic carbocycles. The molecule has 2 rings (SSSR count). The highest BCUT2D eigenvalue weighted by Gasteiger charge is 2.18. The van der Waals surface area contributed by atoms with Crippen molar-refractivity contribution in [3.63, 3.8) is 0 Å². The Balaban J connectivity index is 2.22. The summed E-state index contributed by atoms with van der Waals surface area (Å²) < 4.78 is 0.912. The zero-order valence-electron chi connectivity index (χ0n) is 12.1. The summed E-state index contributed by atoms with van der Waals surface area (Å²) in [5.74, 6) is 0. The molecule has 0 heterocycles. The standard InChI is InChI=1S/C17H20BrClN2/c1-2-21(12-13-6-4-3-5-7-13)17(11-20)14-8-9-15(18)16(19)10-14/h3-10,17H,2,11-12,20H2,1H3. The van der Waals surface area contributed by atoms with E-state index in [9.17, 15) is 0 Å². The second-order valence-corrected chi connectivity index (χ2v) is 6.24. The Kier molecular flexibility index (Phi) is 6.24. The number of hydrogen-bond acceptors (Lipinski definition) is 2. The van der Waals surface area contributed by atoms with Crippen LogP contribution in [0.2, 0.25) is 5.02 Å². The van der Waals surface area contributed by atoms with Gasteiger partial charge in [0.1, 0.15) is 0 Å². The van der Waals surface area contributed by atoms with Gasteiger partial charge in [0.2, 0.25) is 0 Å². The number of hydrogen-bond donors (Lipinski definition) is 1. The van der Waals surface area contributed by atoms with E-state index < -0.39 is 0 Å². The van der Waals surface area contributed by atoms with Gasteiger partial charge in [-0.3, -0.25) is 4.90 Å². The minimum atomic E-state index is 0.167. The maximum atomic E-state index is 6.22. The fourth-order valence-corrected chi connectivity index (χ4v) is 2.91. The molecule has 1 unspecified atom stereocenters. The Hall–Kier alpha value is -0.870. The van der Waals surface area contributed by atoms with E-state index >= 15 is 0 Å². The van der Waals surface area contributed by atoms with Crippen molar-refractivity contribution in [2.45, 2.75) is 19.5 Å². The molecule has 0 aromatic heterocycles.